The van der Waals surface area contributed by atoms with Crippen LogP contribution < -0.4 is 5.56 Å². The number of aromatic carboxylic acids is 1. The van der Waals surface area contributed by atoms with Crippen molar-refractivity contribution in [2.45, 2.75) is 32.7 Å². The maximum absolute atomic E-state index is 12.8. The number of aromatic amines is 1. The third kappa shape index (κ3) is 4.46. The summed E-state index contributed by atoms with van der Waals surface area (Å²) in [5.74, 6) is -0.227. The molecule has 0 amide bonds. The van der Waals surface area contributed by atoms with Gasteiger partial charge in [0.05, 0.1) is 6.54 Å². The second kappa shape index (κ2) is 9.34. The van der Waals surface area contributed by atoms with Gasteiger partial charge in [-0.25, -0.2) is 14.9 Å². The number of hydrogen-bond donors (Lipinski definition) is 2. The molecule has 162 valence electrons. The van der Waals surface area contributed by atoms with E-state index < -0.39 is 11.5 Å². The molecule has 4 aromatic rings. The van der Waals surface area contributed by atoms with Crippen molar-refractivity contribution in [1.29, 1.82) is 0 Å². The molecule has 2 N–H and O–H groups in total. The summed E-state index contributed by atoms with van der Waals surface area (Å²) in [5.41, 5.74) is 2.99. The van der Waals surface area contributed by atoms with Gasteiger partial charge in [-0.15, -0.1) is 5.10 Å². The second-order valence-corrected chi connectivity index (χ2v) is 7.39. The minimum Gasteiger partial charge on any atom is -0.477 e. The summed E-state index contributed by atoms with van der Waals surface area (Å²) >= 11 is 0. The van der Waals surface area contributed by atoms with Gasteiger partial charge in [-0.05, 0) is 39.6 Å². The highest BCUT2D eigenvalue weighted by molar-refractivity contribution is 5.85. The molecular weight excluding hydrogens is 408 g/mol. The first-order valence-electron chi connectivity index (χ1n) is 10.3. The molecule has 2 aromatic carbocycles. The number of benzene rings is 2. The first kappa shape index (κ1) is 21.1. The Morgan fingerprint density at radius 3 is 2.59 bits per heavy atom. The van der Waals surface area contributed by atoms with Gasteiger partial charge in [0.2, 0.25) is 0 Å². The number of carboxylic acids is 1. The Bertz CT molecular complexity index is 1280. The zero-order valence-corrected chi connectivity index (χ0v) is 17.5. The molecule has 0 saturated heterocycles. The molecule has 0 fully saturated rings. The van der Waals surface area contributed by atoms with Crippen molar-refractivity contribution < 1.29 is 9.90 Å². The average Bonchev–Trinajstić information content (AvgIpc) is 3.34. The number of nitrogens with one attached hydrogen (secondary N) is 1. The molecule has 0 bridgehead atoms. The number of rotatable bonds is 8. The summed E-state index contributed by atoms with van der Waals surface area (Å²) in [5, 5.41) is 23.5. The third-order valence-corrected chi connectivity index (χ3v) is 5.17. The summed E-state index contributed by atoms with van der Waals surface area (Å²) < 4.78 is 1.53. The van der Waals surface area contributed by atoms with Gasteiger partial charge in [0.15, 0.2) is 11.5 Å². The summed E-state index contributed by atoms with van der Waals surface area (Å²) in [4.78, 5) is 28.3. The van der Waals surface area contributed by atoms with Crippen LogP contribution in [0.4, 0.5) is 0 Å². The Morgan fingerprint density at radius 2 is 1.91 bits per heavy atom. The molecule has 4 rings (SSSR count). The monoisotopic (exact) mass is 430 g/mol. The van der Waals surface area contributed by atoms with E-state index in [-0.39, 0.29) is 12.2 Å². The molecule has 0 spiro atoms. The van der Waals surface area contributed by atoms with E-state index in [0.29, 0.717) is 18.1 Å². The fourth-order valence-electron chi connectivity index (χ4n) is 3.57. The summed E-state index contributed by atoms with van der Waals surface area (Å²) in [6.07, 6.45) is 2.23. The number of hydrogen-bond acceptors (Lipinski definition) is 6. The predicted octanol–water partition coefficient (Wildman–Crippen LogP) is 3.18. The van der Waals surface area contributed by atoms with Gasteiger partial charge in [-0.3, -0.25) is 9.36 Å². The van der Waals surface area contributed by atoms with E-state index in [0.717, 1.165) is 41.2 Å². The van der Waals surface area contributed by atoms with E-state index in [2.05, 4.69) is 25.6 Å². The molecule has 0 atom stereocenters. The maximum atomic E-state index is 12.8. The highest BCUT2D eigenvalue weighted by Crippen LogP contribution is 2.31. The van der Waals surface area contributed by atoms with Gasteiger partial charge in [0.1, 0.15) is 5.82 Å². The number of nitrogens with zero attached hydrogens (tertiary/aromatic N) is 5. The van der Waals surface area contributed by atoms with Gasteiger partial charge < -0.3 is 5.11 Å². The molecule has 0 aliphatic heterocycles. The lowest BCUT2D eigenvalue weighted by Gasteiger charge is -2.14. The summed E-state index contributed by atoms with van der Waals surface area (Å²) in [7, 11) is 0. The Hall–Kier alpha value is -4.14. The fraction of sp³-hybridized carbons (Fsp3) is 0.217. The van der Waals surface area contributed by atoms with E-state index in [9.17, 15) is 14.7 Å². The Morgan fingerprint density at radius 1 is 1.09 bits per heavy atom. The first-order chi connectivity index (χ1) is 15.6. The molecule has 0 aliphatic carbocycles. The lowest BCUT2D eigenvalue weighted by Crippen LogP contribution is -2.27. The van der Waals surface area contributed by atoms with Crippen molar-refractivity contribution in [3.63, 3.8) is 0 Å². The average molecular weight is 430 g/mol. The number of unbranched alkanes of at least 4 members (excludes halogenated alkanes) is 1. The van der Waals surface area contributed by atoms with E-state index >= 15 is 0 Å². The lowest BCUT2D eigenvalue weighted by atomic mass is 9.97. The van der Waals surface area contributed by atoms with Gasteiger partial charge in [-0.1, -0.05) is 55.8 Å². The van der Waals surface area contributed by atoms with Gasteiger partial charge >= 0.3 is 5.97 Å². The van der Waals surface area contributed by atoms with Crippen molar-refractivity contribution in [2.24, 2.45) is 0 Å². The van der Waals surface area contributed by atoms with Crippen molar-refractivity contribution in [2.75, 3.05) is 0 Å². The molecular formula is C23H22N6O3. The van der Waals surface area contributed by atoms with Crippen molar-refractivity contribution in [1.82, 2.24) is 30.2 Å². The van der Waals surface area contributed by atoms with Crippen molar-refractivity contribution in [3.8, 4) is 22.5 Å². The minimum absolute atomic E-state index is 0.231. The molecule has 2 heterocycles. The summed E-state index contributed by atoms with van der Waals surface area (Å²) in [6.45, 7) is 2.29. The van der Waals surface area contributed by atoms with Crippen LogP contribution in [0, 0.1) is 0 Å². The van der Waals surface area contributed by atoms with Crippen LogP contribution >= 0.6 is 0 Å². The van der Waals surface area contributed by atoms with E-state index in [1.807, 2.05) is 55.5 Å². The zero-order valence-electron chi connectivity index (χ0n) is 17.5. The highest BCUT2D eigenvalue weighted by atomic mass is 16.4. The Balaban J connectivity index is 1.78. The zero-order chi connectivity index (χ0) is 22.5. The van der Waals surface area contributed by atoms with Crippen LogP contribution in [0.2, 0.25) is 0 Å². The second-order valence-electron chi connectivity index (χ2n) is 7.39. The van der Waals surface area contributed by atoms with Gasteiger partial charge in [0, 0.05) is 18.1 Å². The Labute approximate surface area is 183 Å². The molecule has 0 radical (unpaired) electrons. The number of H-pyrrole nitrogens is 1. The van der Waals surface area contributed by atoms with E-state index in [1.54, 1.807) is 0 Å². The van der Waals surface area contributed by atoms with Crippen LogP contribution in [-0.2, 0) is 13.0 Å². The molecule has 0 aliphatic rings. The topological polar surface area (TPSA) is 127 Å². The first-order valence-corrected chi connectivity index (χ1v) is 10.3. The normalized spacial score (nSPS) is 10.9. The smallest absolute Gasteiger partial charge is 0.354 e. The van der Waals surface area contributed by atoms with Crippen LogP contribution in [0.25, 0.3) is 22.5 Å². The number of carbonyl (C=O) groups is 1. The van der Waals surface area contributed by atoms with Crippen molar-refractivity contribution in [3.05, 3.63) is 82.0 Å². The molecule has 32 heavy (non-hydrogen) atoms. The molecule has 9 heteroatoms. The van der Waals surface area contributed by atoms with Gasteiger partial charge in [0.25, 0.3) is 5.56 Å². The highest BCUT2D eigenvalue weighted by Gasteiger charge is 2.16. The number of tetrazole rings is 1. The summed E-state index contributed by atoms with van der Waals surface area (Å²) in [6, 6.07) is 16.8. The Kier molecular flexibility index (Phi) is 6.16. The molecule has 0 unspecified atom stereocenters. The molecule has 2 aromatic heterocycles. The van der Waals surface area contributed by atoms with E-state index in [4.69, 9.17) is 0 Å². The maximum Gasteiger partial charge on any atom is 0.354 e. The fourth-order valence-corrected chi connectivity index (χ4v) is 3.57. The standard InChI is InChI=1S/C23H22N6O3/c1-2-3-9-20-24-19(23(31)32)13-21(30)29(20)14-15-10-11-17(16-7-5-4-6-8-16)18(12-15)22-25-27-28-26-22/h4-8,10-13H,2-3,9,14H2,1H3,(H,31,32)(H,25,26,27,28). The quantitative estimate of drug-likeness (QED) is 0.439. The molecule has 9 nitrogen and oxygen atoms in total. The lowest BCUT2D eigenvalue weighted by molar-refractivity contribution is 0.0689. The molecule has 0 saturated carbocycles. The van der Waals surface area contributed by atoms with Crippen LogP contribution in [0.5, 0.6) is 0 Å². The predicted molar refractivity (Wildman–Crippen MR) is 118 cm³/mol. The van der Waals surface area contributed by atoms with E-state index in [1.165, 1.54) is 4.57 Å². The number of aryl methyl sites for hydroxylation is 1. The van der Waals surface area contributed by atoms with Crippen molar-refractivity contribution >= 4 is 5.97 Å². The number of aromatic nitrogens is 6. The number of carboxylic acid groups (broad SMARTS) is 1. The largest absolute Gasteiger partial charge is 0.477 e. The van der Waals surface area contributed by atoms with Crippen LogP contribution in [0.1, 0.15) is 41.6 Å². The van der Waals surface area contributed by atoms with Gasteiger partial charge in [-0.2, -0.15) is 0 Å². The minimum atomic E-state index is -1.21. The van der Waals surface area contributed by atoms with Crippen LogP contribution in [0.3, 0.4) is 0 Å². The SMILES string of the molecule is CCCCc1nc(C(=O)O)cc(=O)n1Cc1ccc(-c2ccccc2)c(-c2nnn[nH]2)c1. The van der Waals surface area contributed by atoms with Crippen LogP contribution in [-0.4, -0.2) is 41.3 Å². The van der Waals surface area contributed by atoms with Crippen LogP contribution in [0.15, 0.2) is 59.4 Å². The third-order valence-electron chi connectivity index (χ3n) is 5.17.